The molecule has 2 heterocycles. The highest BCUT2D eigenvalue weighted by molar-refractivity contribution is 6.14. The van der Waals surface area contributed by atoms with Crippen LogP contribution in [-0.4, -0.2) is 9.55 Å². The van der Waals surface area contributed by atoms with Gasteiger partial charge in [-0.25, -0.2) is 0 Å². The topological polar surface area (TPSA) is 43.8 Å². The number of fused-ring (bicyclic) bond motifs is 8. The number of hydrogen-bond donors (Lipinski definition) is 1. The average molecular weight is 542 g/mol. The molecule has 0 amide bonds. The molecule has 202 valence electrons. The lowest BCUT2D eigenvalue weighted by atomic mass is 9.80. The van der Waals surface area contributed by atoms with Crippen LogP contribution in [0.4, 0.5) is 0 Å². The largest absolute Gasteiger partial charge is 0.398 e. The molecule has 4 aromatic carbocycles. The summed E-state index contributed by atoms with van der Waals surface area (Å²) in [7, 11) is 0. The lowest BCUT2D eigenvalue weighted by Gasteiger charge is -2.22. The second-order valence-electron chi connectivity index (χ2n) is 11.9. The van der Waals surface area contributed by atoms with E-state index < -0.39 is 0 Å². The van der Waals surface area contributed by atoms with E-state index in [1.165, 1.54) is 55.2 Å². The molecule has 0 radical (unpaired) electrons. The standard InChI is InChI=1S/C39H31N3/c1-39(2)32-11-5-3-9-29(32)30-20-22-36-37(38(30)39)31-10-4-6-12-35(31)42(36)28-18-16-26(17-19-28)33(40)21-14-25-13-15-27-8-7-23-41-34(27)24-25/h3-23H,24,40H2,1-2H3/b25-14-,33-21-. The number of nitrogens with two attached hydrogens (primary N) is 1. The summed E-state index contributed by atoms with van der Waals surface area (Å²) < 4.78 is 2.40. The van der Waals surface area contributed by atoms with Crippen LogP contribution >= 0.6 is 0 Å². The summed E-state index contributed by atoms with van der Waals surface area (Å²) in [6, 6.07) is 35.0. The van der Waals surface area contributed by atoms with Gasteiger partial charge >= 0.3 is 0 Å². The van der Waals surface area contributed by atoms with Gasteiger partial charge in [0.05, 0.1) is 16.7 Å². The Labute approximate surface area is 246 Å². The fraction of sp³-hybridized carbons (Fsp3) is 0.103. The fourth-order valence-electron chi connectivity index (χ4n) is 7.02. The van der Waals surface area contributed by atoms with E-state index in [-0.39, 0.29) is 5.41 Å². The number of benzene rings is 4. The molecule has 2 N–H and O–H groups in total. The molecule has 42 heavy (non-hydrogen) atoms. The summed E-state index contributed by atoms with van der Waals surface area (Å²) in [5.74, 6) is 0. The first-order chi connectivity index (χ1) is 20.5. The minimum atomic E-state index is -0.0797. The highest BCUT2D eigenvalue weighted by Gasteiger charge is 2.37. The fourth-order valence-corrected chi connectivity index (χ4v) is 7.02. The minimum absolute atomic E-state index is 0.0797. The van der Waals surface area contributed by atoms with Gasteiger partial charge in [0.1, 0.15) is 0 Å². The van der Waals surface area contributed by atoms with Crippen molar-refractivity contribution >= 4 is 33.6 Å². The molecule has 0 unspecified atom stereocenters. The maximum absolute atomic E-state index is 6.56. The van der Waals surface area contributed by atoms with Gasteiger partial charge in [-0.15, -0.1) is 0 Å². The molecule has 0 saturated carbocycles. The Kier molecular flexibility index (Phi) is 5.39. The van der Waals surface area contributed by atoms with Crippen molar-refractivity contribution in [3.63, 3.8) is 0 Å². The van der Waals surface area contributed by atoms with Gasteiger partial charge in [0, 0.05) is 40.2 Å². The molecule has 0 bridgehead atoms. The maximum atomic E-state index is 6.56. The summed E-state index contributed by atoms with van der Waals surface area (Å²) in [6.45, 7) is 4.72. The van der Waals surface area contributed by atoms with Crippen LogP contribution in [0.5, 0.6) is 0 Å². The van der Waals surface area contributed by atoms with E-state index >= 15 is 0 Å². The van der Waals surface area contributed by atoms with Gasteiger partial charge in [0.15, 0.2) is 0 Å². The molecular formula is C39H31N3. The highest BCUT2D eigenvalue weighted by Crippen LogP contribution is 2.53. The van der Waals surface area contributed by atoms with Gasteiger partial charge in [-0.2, -0.15) is 0 Å². The van der Waals surface area contributed by atoms with Gasteiger partial charge in [0.2, 0.25) is 0 Å². The van der Waals surface area contributed by atoms with Gasteiger partial charge in [0.25, 0.3) is 0 Å². The molecule has 0 saturated heterocycles. The number of nitrogens with zero attached hydrogens (tertiary/aromatic N) is 2. The summed E-state index contributed by atoms with van der Waals surface area (Å²) in [4.78, 5) is 4.52. The van der Waals surface area contributed by atoms with Crippen molar-refractivity contribution in [3.05, 3.63) is 155 Å². The normalized spacial score (nSPS) is 16.1. The average Bonchev–Trinajstić information content (AvgIpc) is 3.48. The quantitative estimate of drug-likeness (QED) is 0.243. The molecule has 3 heteroatoms. The summed E-state index contributed by atoms with van der Waals surface area (Å²) >= 11 is 0. The monoisotopic (exact) mass is 541 g/mol. The van der Waals surface area contributed by atoms with Crippen LogP contribution < -0.4 is 5.73 Å². The van der Waals surface area contributed by atoms with E-state index in [9.17, 15) is 0 Å². The van der Waals surface area contributed by atoms with Crippen LogP contribution in [0.1, 0.15) is 41.8 Å². The zero-order chi connectivity index (χ0) is 28.4. The van der Waals surface area contributed by atoms with Crippen molar-refractivity contribution in [2.75, 3.05) is 0 Å². The Balaban J connectivity index is 1.20. The molecule has 6 aromatic rings. The second-order valence-corrected chi connectivity index (χ2v) is 11.9. The van der Waals surface area contributed by atoms with E-state index in [1.807, 2.05) is 18.3 Å². The van der Waals surface area contributed by atoms with Crippen LogP contribution in [0, 0.1) is 0 Å². The molecule has 3 nitrogen and oxygen atoms in total. The number of pyridine rings is 1. The zero-order valence-corrected chi connectivity index (χ0v) is 23.8. The molecule has 2 aliphatic carbocycles. The molecule has 8 rings (SSSR count). The van der Waals surface area contributed by atoms with Crippen LogP contribution in [-0.2, 0) is 11.8 Å². The van der Waals surface area contributed by atoms with Crippen LogP contribution in [0.15, 0.2) is 127 Å². The number of aromatic nitrogens is 2. The van der Waals surface area contributed by atoms with Gasteiger partial charge in [-0.1, -0.05) is 98.8 Å². The van der Waals surface area contributed by atoms with Crippen molar-refractivity contribution in [3.8, 4) is 16.8 Å². The predicted molar refractivity (Wildman–Crippen MR) is 176 cm³/mol. The zero-order valence-electron chi connectivity index (χ0n) is 23.8. The highest BCUT2D eigenvalue weighted by atomic mass is 15.0. The Hall–Kier alpha value is -5.15. The first-order valence-corrected chi connectivity index (χ1v) is 14.6. The Morgan fingerprint density at radius 2 is 1.62 bits per heavy atom. The summed E-state index contributed by atoms with van der Waals surface area (Å²) in [6.07, 6.45) is 11.0. The van der Waals surface area contributed by atoms with Crippen molar-refractivity contribution in [1.82, 2.24) is 9.55 Å². The maximum Gasteiger partial charge on any atom is 0.0544 e. The van der Waals surface area contributed by atoms with E-state index in [0.717, 1.165) is 29.1 Å². The lowest BCUT2D eigenvalue weighted by molar-refractivity contribution is 0.666. The third kappa shape index (κ3) is 3.63. The van der Waals surface area contributed by atoms with Crippen LogP contribution in [0.3, 0.4) is 0 Å². The lowest BCUT2D eigenvalue weighted by Crippen LogP contribution is -2.15. The van der Waals surface area contributed by atoms with Crippen molar-refractivity contribution in [2.24, 2.45) is 5.73 Å². The van der Waals surface area contributed by atoms with Crippen molar-refractivity contribution < 1.29 is 0 Å². The predicted octanol–water partition coefficient (Wildman–Crippen LogP) is 8.98. The molecule has 2 aromatic heterocycles. The third-order valence-corrected chi connectivity index (χ3v) is 9.06. The molecule has 0 fully saturated rings. The van der Waals surface area contributed by atoms with E-state index in [1.54, 1.807) is 0 Å². The summed E-state index contributed by atoms with van der Waals surface area (Å²) in [5.41, 5.74) is 20.8. The van der Waals surface area contributed by atoms with E-state index in [4.69, 9.17) is 5.73 Å². The molecular weight excluding hydrogens is 510 g/mol. The van der Waals surface area contributed by atoms with Gasteiger partial charge in [-0.05, 0) is 75.4 Å². The molecule has 2 aliphatic rings. The van der Waals surface area contributed by atoms with Crippen molar-refractivity contribution in [1.29, 1.82) is 0 Å². The third-order valence-electron chi connectivity index (χ3n) is 9.06. The Bertz CT molecular complexity index is 2140. The van der Waals surface area contributed by atoms with E-state index in [0.29, 0.717) is 0 Å². The smallest absolute Gasteiger partial charge is 0.0544 e. The van der Waals surface area contributed by atoms with Gasteiger partial charge < -0.3 is 10.3 Å². The number of hydrogen-bond acceptors (Lipinski definition) is 2. The first-order valence-electron chi connectivity index (χ1n) is 14.6. The number of rotatable bonds is 3. The molecule has 0 atom stereocenters. The molecule has 0 spiro atoms. The second kappa shape index (κ2) is 9.19. The Morgan fingerprint density at radius 1 is 0.810 bits per heavy atom. The number of allylic oxidation sites excluding steroid dienone is 4. The van der Waals surface area contributed by atoms with Crippen LogP contribution in [0.25, 0.3) is 50.4 Å². The van der Waals surface area contributed by atoms with Gasteiger partial charge in [-0.3, -0.25) is 4.98 Å². The van der Waals surface area contributed by atoms with Crippen molar-refractivity contribution in [2.45, 2.75) is 25.7 Å². The SMILES string of the molecule is CC1(C)c2ccccc2-c2ccc3c(c21)c1ccccc1n3-c1ccc(/C(N)=C/C=C2/C=Cc3cccnc3C2)cc1. The van der Waals surface area contributed by atoms with Crippen LogP contribution in [0.2, 0.25) is 0 Å². The number of para-hydroxylation sites is 1. The first kappa shape index (κ1) is 24.6. The Morgan fingerprint density at radius 3 is 2.50 bits per heavy atom. The summed E-state index contributed by atoms with van der Waals surface area (Å²) in [5, 5.41) is 2.63. The minimum Gasteiger partial charge on any atom is -0.398 e. The van der Waals surface area contributed by atoms with E-state index in [2.05, 4.69) is 133 Å². The molecule has 0 aliphatic heterocycles.